The van der Waals surface area contributed by atoms with Crippen LogP contribution in [0.2, 0.25) is 0 Å². The van der Waals surface area contributed by atoms with Gasteiger partial charge in [-0.2, -0.15) is 0 Å². The Kier molecular flexibility index (Phi) is 4.80. The smallest absolute Gasteiger partial charge is 0.164 e. The number of hydrogen-bond acceptors (Lipinski definition) is 2. The molecule has 1 atom stereocenters. The van der Waals surface area contributed by atoms with Crippen molar-refractivity contribution in [2.24, 2.45) is 5.92 Å². The molecule has 13 heavy (non-hydrogen) atoms. The zero-order valence-corrected chi connectivity index (χ0v) is 10.3. The quantitative estimate of drug-likeness (QED) is 0.844. The minimum Gasteiger partial charge on any atom is -0.454 e. The monoisotopic (exact) mass is 293 g/mol. The first-order chi connectivity index (χ1) is 6.22. The maximum atomic E-state index is 5.42. The molecule has 0 aliphatic rings. The van der Waals surface area contributed by atoms with Gasteiger partial charge in [0.05, 0.1) is 6.54 Å². The van der Waals surface area contributed by atoms with E-state index in [4.69, 9.17) is 4.42 Å². The van der Waals surface area contributed by atoms with E-state index >= 15 is 0 Å². The van der Waals surface area contributed by atoms with Gasteiger partial charge >= 0.3 is 0 Å². The molecule has 1 unspecified atom stereocenters. The number of furan rings is 1. The molecule has 74 valence electrons. The average Bonchev–Trinajstić information content (AvgIpc) is 2.51. The Hall–Kier alpha value is -0.0300. The van der Waals surface area contributed by atoms with Crippen LogP contribution in [-0.2, 0) is 6.54 Å². The molecule has 0 aliphatic heterocycles. The summed E-state index contributed by atoms with van der Waals surface area (Å²) in [6.07, 6.45) is 1.22. The maximum Gasteiger partial charge on any atom is 0.164 e. The fraction of sp³-hybridized carbons (Fsp3) is 0.600. The normalized spacial score (nSPS) is 13.2. The Bertz CT molecular complexity index is 247. The Balaban J connectivity index is 2.20. The summed E-state index contributed by atoms with van der Waals surface area (Å²) < 4.78 is 6.38. The molecule has 1 heterocycles. The molecule has 0 amide bonds. The second kappa shape index (κ2) is 5.65. The Morgan fingerprint density at radius 2 is 2.31 bits per heavy atom. The van der Waals surface area contributed by atoms with Crippen LogP contribution in [-0.4, -0.2) is 6.54 Å². The van der Waals surface area contributed by atoms with Gasteiger partial charge in [0.1, 0.15) is 5.76 Å². The summed E-state index contributed by atoms with van der Waals surface area (Å²) in [6, 6.07) is 4.01. The second-order valence-corrected chi connectivity index (χ2v) is 4.41. The van der Waals surface area contributed by atoms with E-state index in [1.54, 1.807) is 0 Å². The standard InChI is InChI=1S/C10H16INO/c1-3-8(2)6-12-7-9-4-5-10(11)13-9/h4-5,8,12H,3,6-7H2,1-2H3. The Labute approximate surface area is 93.2 Å². The van der Waals surface area contributed by atoms with Crippen molar-refractivity contribution in [1.82, 2.24) is 5.32 Å². The third-order valence-electron chi connectivity index (χ3n) is 2.12. The zero-order chi connectivity index (χ0) is 9.68. The molecule has 1 aromatic heterocycles. The molecule has 0 saturated carbocycles. The molecule has 2 nitrogen and oxygen atoms in total. The van der Waals surface area contributed by atoms with Gasteiger partial charge in [0.25, 0.3) is 0 Å². The largest absolute Gasteiger partial charge is 0.454 e. The maximum absolute atomic E-state index is 5.42. The number of nitrogens with one attached hydrogen (secondary N) is 1. The van der Waals surface area contributed by atoms with Crippen molar-refractivity contribution in [3.63, 3.8) is 0 Å². The highest BCUT2D eigenvalue weighted by atomic mass is 127. The molecule has 0 spiro atoms. The van der Waals surface area contributed by atoms with E-state index in [2.05, 4.69) is 41.8 Å². The van der Waals surface area contributed by atoms with Crippen molar-refractivity contribution < 1.29 is 4.42 Å². The van der Waals surface area contributed by atoms with Gasteiger partial charge in [-0.1, -0.05) is 20.3 Å². The number of halogens is 1. The lowest BCUT2D eigenvalue weighted by Gasteiger charge is -2.08. The molecular weight excluding hydrogens is 277 g/mol. The first kappa shape index (κ1) is 11.0. The van der Waals surface area contributed by atoms with Crippen LogP contribution < -0.4 is 5.32 Å². The van der Waals surface area contributed by atoms with Gasteiger partial charge in [-0.15, -0.1) is 0 Å². The molecule has 0 fully saturated rings. The van der Waals surface area contributed by atoms with E-state index in [9.17, 15) is 0 Å². The van der Waals surface area contributed by atoms with E-state index in [1.165, 1.54) is 6.42 Å². The highest BCUT2D eigenvalue weighted by Gasteiger charge is 2.00. The predicted molar refractivity (Wildman–Crippen MR) is 62.6 cm³/mol. The Morgan fingerprint density at radius 3 is 2.85 bits per heavy atom. The van der Waals surface area contributed by atoms with Crippen LogP contribution in [0.4, 0.5) is 0 Å². The minimum absolute atomic E-state index is 0.744. The van der Waals surface area contributed by atoms with E-state index in [0.717, 1.165) is 28.5 Å². The van der Waals surface area contributed by atoms with Crippen molar-refractivity contribution in [2.75, 3.05) is 6.54 Å². The number of rotatable bonds is 5. The van der Waals surface area contributed by atoms with Crippen LogP contribution in [0.1, 0.15) is 26.0 Å². The van der Waals surface area contributed by atoms with E-state index in [0.29, 0.717) is 0 Å². The summed E-state index contributed by atoms with van der Waals surface area (Å²) in [5.74, 6) is 1.77. The third-order valence-corrected chi connectivity index (χ3v) is 2.70. The summed E-state index contributed by atoms with van der Waals surface area (Å²) in [7, 11) is 0. The lowest BCUT2D eigenvalue weighted by atomic mass is 10.1. The van der Waals surface area contributed by atoms with Crippen LogP contribution in [0.25, 0.3) is 0 Å². The lowest BCUT2D eigenvalue weighted by molar-refractivity contribution is 0.437. The minimum atomic E-state index is 0.744. The molecule has 1 N–H and O–H groups in total. The van der Waals surface area contributed by atoms with Gasteiger partial charge in [0.15, 0.2) is 3.77 Å². The molecule has 0 aliphatic carbocycles. The van der Waals surface area contributed by atoms with Crippen LogP contribution in [0.5, 0.6) is 0 Å². The number of hydrogen-bond donors (Lipinski definition) is 1. The molecule has 1 aromatic rings. The molecule has 0 saturated heterocycles. The van der Waals surface area contributed by atoms with Gasteiger partial charge in [-0.25, -0.2) is 0 Å². The van der Waals surface area contributed by atoms with Gasteiger partial charge in [-0.05, 0) is 47.2 Å². The highest BCUT2D eigenvalue weighted by Crippen LogP contribution is 2.09. The van der Waals surface area contributed by atoms with Crippen molar-refractivity contribution >= 4 is 22.6 Å². The SMILES string of the molecule is CCC(C)CNCc1ccc(I)o1. The molecule has 0 radical (unpaired) electrons. The molecular formula is C10H16INO. The van der Waals surface area contributed by atoms with Crippen LogP contribution >= 0.6 is 22.6 Å². The summed E-state index contributed by atoms with van der Waals surface area (Å²) in [5, 5.41) is 3.37. The van der Waals surface area contributed by atoms with Crippen molar-refractivity contribution in [2.45, 2.75) is 26.8 Å². The van der Waals surface area contributed by atoms with Crippen molar-refractivity contribution in [1.29, 1.82) is 0 Å². The van der Waals surface area contributed by atoms with Crippen molar-refractivity contribution in [3.05, 3.63) is 21.7 Å². The van der Waals surface area contributed by atoms with Crippen LogP contribution in [0.15, 0.2) is 16.5 Å². The molecule has 3 heteroatoms. The lowest BCUT2D eigenvalue weighted by Crippen LogP contribution is -2.19. The van der Waals surface area contributed by atoms with Crippen LogP contribution in [0.3, 0.4) is 0 Å². The van der Waals surface area contributed by atoms with E-state index in [1.807, 2.05) is 12.1 Å². The molecule has 0 aromatic carbocycles. The zero-order valence-electron chi connectivity index (χ0n) is 8.14. The van der Waals surface area contributed by atoms with Crippen LogP contribution in [0, 0.1) is 9.68 Å². The topological polar surface area (TPSA) is 25.2 Å². The predicted octanol–water partition coefficient (Wildman–Crippen LogP) is 3.02. The van der Waals surface area contributed by atoms with Crippen molar-refractivity contribution in [3.8, 4) is 0 Å². The van der Waals surface area contributed by atoms with Gasteiger partial charge in [-0.3, -0.25) is 0 Å². The van der Waals surface area contributed by atoms with Gasteiger partial charge in [0.2, 0.25) is 0 Å². The van der Waals surface area contributed by atoms with Gasteiger partial charge < -0.3 is 9.73 Å². The first-order valence-corrected chi connectivity index (χ1v) is 5.75. The summed E-state index contributed by atoms with van der Waals surface area (Å²) in [4.78, 5) is 0. The first-order valence-electron chi connectivity index (χ1n) is 4.67. The average molecular weight is 293 g/mol. The summed E-state index contributed by atoms with van der Waals surface area (Å²) >= 11 is 2.18. The second-order valence-electron chi connectivity index (χ2n) is 3.35. The van der Waals surface area contributed by atoms with E-state index < -0.39 is 0 Å². The highest BCUT2D eigenvalue weighted by molar-refractivity contribution is 14.1. The molecule has 0 bridgehead atoms. The Morgan fingerprint density at radius 1 is 1.54 bits per heavy atom. The van der Waals surface area contributed by atoms with E-state index in [-0.39, 0.29) is 0 Å². The summed E-state index contributed by atoms with van der Waals surface area (Å²) in [6.45, 7) is 6.36. The fourth-order valence-electron chi connectivity index (χ4n) is 1.03. The molecule has 1 rings (SSSR count). The third kappa shape index (κ3) is 4.13. The van der Waals surface area contributed by atoms with Gasteiger partial charge in [0, 0.05) is 0 Å². The fourth-order valence-corrected chi connectivity index (χ4v) is 1.50. The summed E-state index contributed by atoms with van der Waals surface area (Å²) in [5.41, 5.74) is 0.